The molecule has 0 atom stereocenters. The van der Waals surface area contributed by atoms with E-state index in [9.17, 15) is 13.2 Å². The van der Waals surface area contributed by atoms with Crippen LogP contribution < -0.4 is 9.62 Å². The predicted octanol–water partition coefficient (Wildman–Crippen LogP) is 0.919. The molecule has 1 fully saturated rings. The van der Waals surface area contributed by atoms with Crippen molar-refractivity contribution in [2.24, 2.45) is 0 Å². The molecule has 0 aliphatic carbocycles. The van der Waals surface area contributed by atoms with E-state index in [2.05, 4.69) is 14.8 Å². The Morgan fingerprint density at radius 1 is 1.15 bits per heavy atom. The van der Waals surface area contributed by atoms with Crippen LogP contribution in [0, 0.1) is 13.8 Å². The first-order valence-corrected chi connectivity index (χ1v) is 9.87. The van der Waals surface area contributed by atoms with Gasteiger partial charge in [0.1, 0.15) is 10.6 Å². The van der Waals surface area contributed by atoms with Gasteiger partial charge in [-0.3, -0.25) is 4.79 Å². The third-order valence-corrected chi connectivity index (χ3v) is 6.05. The van der Waals surface area contributed by atoms with Crippen LogP contribution in [-0.4, -0.2) is 57.1 Å². The number of amides is 1. The second-order valence-electron chi connectivity index (χ2n) is 6.18. The first-order chi connectivity index (χ1) is 12.4. The number of aryl methyl sites for hydroxylation is 2. The number of piperazine rings is 1. The smallest absolute Gasteiger partial charge is 0.246 e. The van der Waals surface area contributed by atoms with Crippen LogP contribution >= 0.6 is 0 Å². The van der Waals surface area contributed by atoms with E-state index in [-0.39, 0.29) is 28.8 Å². The highest BCUT2D eigenvalue weighted by Crippen LogP contribution is 2.19. The van der Waals surface area contributed by atoms with Crippen molar-refractivity contribution in [2.45, 2.75) is 18.7 Å². The lowest BCUT2D eigenvalue weighted by Gasteiger charge is -2.36. The summed E-state index contributed by atoms with van der Waals surface area (Å²) >= 11 is 0. The molecule has 0 bridgehead atoms. The van der Waals surface area contributed by atoms with Crippen LogP contribution in [0.25, 0.3) is 0 Å². The fourth-order valence-corrected chi connectivity index (χ4v) is 4.35. The fraction of sp³-hybridized carbons (Fsp3) is 0.412. The van der Waals surface area contributed by atoms with Crippen molar-refractivity contribution in [3.05, 3.63) is 41.8 Å². The van der Waals surface area contributed by atoms with Gasteiger partial charge < -0.3 is 14.3 Å². The minimum atomic E-state index is -3.83. The Bertz CT molecular complexity index is 852. The molecule has 2 aromatic rings. The Morgan fingerprint density at radius 2 is 1.81 bits per heavy atom. The van der Waals surface area contributed by atoms with Crippen LogP contribution in [0.15, 0.2) is 39.8 Å². The largest absolute Gasteiger partial charge is 0.368 e. The Morgan fingerprint density at radius 3 is 2.38 bits per heavy atom. The van der Waals surface area contributed by atoms with Gasteiger partial charge in [-0.2, -0.15) is 0 Å². The molecule has 9 heteroatoms. The summed E-state index contributed by atoms with van der Waals surface area (Å²) in [6, 6.07) is 10.0. The molecule has 2 heterocycles. The predicted molar refractivity (Wildman–Crippen MR) is 96.4 cm³/mol. The zero-order valence-electron chi connectivity index (χ0n) is 14.8. The number of hydrogen-bond acceptors (Lipinski definition) is 6. The van der Waals surface area contributed by atoms with Gasteiger partial charge >= 0.3 is 0 Å². The Labute approximate surface area is 152 Å². The van der Waals surface area contributed by atoms with E-state index in [1.165, 1.54) is 6.92 Å². The molecule has 140 valence electrons. The van der Waals surface area contributed by atoms with Gasteiger partial charge in [0.25, 0.3) is 0 Å². The van der Waals surface area contributed by atoms with Crippen molar-refractivity contribution >= 4 is 21.6 Å². The summed E-state index contributed by atoms with van der Waals surface area (Å²) in [5.74, 6) is -0.0352. The number of anilines is 1. The van der Waals surface area contributed by atoms with Crippen molar-refractivity contribution in [3.8, 4) is 0 Å². The standard InChI is InChI=1S/C17H22N4O4S/c1-13-17(14(2)25-19-13)26(23,24)18-12-16(22)21-10-8-20(9-11-21)15-6-4-3-5-7-15/h3-7,18H,8-12H2,1-2H3. The number of benzene rings is 1. The highest BCUT2D eigenvalue weighted by molar-refractivity contribution is 7.89. The summed E-state index contributed by atoms with van der Waals surface area (Å²) in [7, 11) is -3.83. The number of nitrogens with one attached hydrogen (secondary N) is 1. The van der Waals surface area contributed by atoms with Gasteiger partial charge in [-0.25, -0.2) is 13.1 Å². The van der Waals surface area contributed by atoms with Gasteiger partial charge in [-0.05, 0) is 26.0 Å². The van der Waals surface area contributed by atoms with E-state index < -0.39 is 10.0 Å². The number of carbonyl (C=O) groups excluding carboxylic acids is 1. The lowest BCUT2D eigenvalue weighted by Crippen LogP contribution is -2.51. The van der Waals surface area contributed by atoms with Crippen LogP contribution in [0.5, 0.6) is 0 Å². The quantitative estimate of drug-likeness (QED) is 0.831. The summed E-state index contributed by atoms with van der Waals surface area (Å²) in [4.78, 5) is 16.3. The first kappa shape index (κ1) is 18.4. The summed E-state index contributed by atoms with van der Waals surface area (Å²) in [5, 5.41) is 3.64. The van der Waals surface area contributed by atoms with Gasteiger partial charge in [0.2, 0.25) is 15.9 Å². The summed E-state index contributed by atoms with van der Waals surface area (Å²) in [6.45, 7) is 5.34. The van der Waals surface area contributed by atoms with Crippen LogP contribution in [0.3, 0.4) is 0 Å². The molecule has 3 rings (SSSR count). The third-order valence-electron chi connectivity index (χ3n) is 4.40. The maximum atomic E-state index is 12.4. The van der Waals surface area contributed by atoms with Crippen LogP contribution in [0.4, 0.5) is 5.69 Å². The minimum Gasteiger partial charge on any atom is -0.368 e. The molecular weight excluding hydrogens is 356 g/mol. The van der Waals surface area contributed by atoms with Gasteiger partial charge in [0.15, 0.2) is 5.76 Å². The number of sulfonamides is 1. The molecule has 26 heavy (non-hydrogen) atoms. The molecule has 8 nitrogen and oxygen atoms in total. The third kappa shape index (κ3) is 3.88. The number of aromatic nitrogens is 1. The van der Waals surface area contributed by atoms with E-state index in [0.29, 0.717) is 26.2 Å². The molecule has 0 spiro atoms. The van der Waals surface area contributed by atoms with Crippen LogP contribution in [0.2, 0.25) is 0 Å². The molecule has 0 saturated carbocycles. The maximum Gasteiger partial charge on any atom is 0.246 e. The van der Waals surface area contributed by atoms with E-state index in [4.69, 9.17) is 4.52 Å². The number of carbonyl (C=O) groups is 1. The van der Waals surface area contributed by atoms with E-state index in [0.717, 1.165) is 5.69 Å². The number of rotatable bonds is 5. The average molecular weight is 378 g/mol. The Hall–Kier alpha value is -2.39. The van der Waals surface area contributed by atoms with E-state index >= 15 is 0 Å². The number of nitrogens with zero attached hydrogens (tertiary/aromatic N) is 3. The zero-order chi connectivity index (χ0) is 18.7. The molecule has 1 aromatic heterocycles. The normalized spacial score (nSPS) is 15.3. The Balaban J connectivity index is 1.55. The first-order valence-electron chi connectivity index (χ1n) is 8.39. The number of hydrogen-bond donors (Lipinski definition) is 1. The lowest BCUT2D eigenvalue weighted by molar-refractivity contribution is -0.130. The molecule has 1 N–H and O–H groups in total. The maximum absolute atomic E-state index is 12.4. The van der Waals surface area contributed by atoms with Crippen molar-refractivity contribution in [3.63, 3.8) is 0 Å². The van der Waals surface area contributed by atoms with E-state index in [1.54, 1.807) is 11.8 Å². The molecule has 1 aliphatic rings. The van der Waals surface area contributed by atoms with Gasteiger partial charge in [-0.15, -0.1) is 0 Å². The van der Waals surface area contributed by atoms with Crippen molar-refractivity contribution < 1.29 is 17.7 Å². The average Bonchev–Trinajstić information content (AvgIpc) is 3.00. The minimum absolute atomic E-state index is 0.000744. The highest BCUT2D eigenvalue weighted by atomic mass is 32.2. The molecule has 0 unspecified atom stereocenters. The molecule has 1 amide bonds. The van der Waals surface area contributed by atoms with Gasteiger partial charge in [0.05, 0.1) is 6.54 Å². The fourth-order valence-electron chi connectivity index (χ4n) is 3.05. The summed E-state index contributed by atoms with van der Waals surface area (Å²) < 4.78 is 32.0. The van der Waals surface area contributed by atoms with Gasteiger partial charge in [-0.1, -0.05) is 23.4 Å². The second kappa shape index (κ2) is 7.46. The van der Waals surface area contributed by atoms with E-state index in [1.807, 2.05) is 30.3 Å². The number of para-hydroxylation sites is 1. The molecule has 0 radical (unpaired) electrons. The zero-order valence-corrected chi connectivity index (χ0v) is 15.6. The van der Waals surface area contributed by atoms with Crippen molar-refractivity contribution in [1.29, 1.82) is 0 Å². The highest BCUT2D eigenvalue weighted by Gasteiger charge is 2.27. The SMILES string of the molecule is Cc1noc(C)c1S(=O)(=O)NCC(=O)N1CCN(c2ccccc2)CC1. The van der Waals surface area contributed by atoms with Crippen molar-refractivity contribution in [2.75, 3.05) is 37.6 Å². The van der Waals surface area contributed by atoms with Crippen LogP contribution in [0.1, 0.15) is 11.5 Å². The summed E-state index contributed by atoms with van der Waals surface area (Å²) in [5.41, 5.74) is 1.40. The second-order valence-corrected chi connectivity index (χ2v) is 7.89. The molecular formula is C17H22N4O4S. The monoisotopic (exact) mass is 378 g/mol. The Kier molecular flexibility index (Phi) is 5.28. The van der Waals surface area contributed by atoms with Gasteiger partial charge in [0, 0.05) is 31.9 Å². The summed E-state index contributed by atoms with van der Waals surface area (Å²) in [6.07, 6.45) is 0. The lowest BCUT2D eigenvalue weighted by atomic mass is 10.2. The molecule has 1 aliphatic heterocycles. The molecule has 1 saturated heterocycles. The van der Waals surface area contributed by atoms with Crippen LogP contribution in [-0.2, 0) is 14.8 Å². The molecule has 1 aromatic carbocycles. The topological polar surface area (TPSA) is 95.8 Å². The van der Waals surface area contributed by atoms with Crippen molar-refractivity contribution in [1.82, 2.24) is 14.8 Å².